The highest BCUT2D eigenvalue weighted by atomic mass is 32.2. The van der Waals surface area contributed by atoms with Crippen molar-refractivity contribution in [1.29, 1.82) is 0 Å². The Labute approximate surface area is 181 Å². The first kappa shape index (κ1) is 20.6. The van der Waals surface area contributed by atoms with Crippen LogP contribution in [0.15, 0.2) is 64.3 Å². The van der Waals surface area contributed by atoms with Gasteiger partial charge in [-0.15, -0.1) is 10.2 Å². The SMILES string of the molecule is COc1ccc(-c2nnc(COC(=O)c3cnc(SC)n3-c3ccc(F)cc3)o2)cc1. The number of ether oxygens (including phenoxy) is 2. The van der Waals surface area contributed by atoms with Gasteiger partial charge >= 0.3 is 5.97 Å². The third-order valence-corrected chi connectivity index (χ3v) is 4.99. The van der Waals surface area contributed by atoms with Gasteiger partial charge in [0.05, 0.1) is 13.3 Å². The fraction of sp³-hybridized carbons (Fsp3) is 0.143. The molecule has 2 aromatic heterocycles. The van der Waals surface area contributed by atoms with Crippen molar-refractivity contribution in [2.75, 3.05) is 13.4 Å². The summed E-state index contributed by atoms with van der Waals surface area (Å²) >= 11 is 1.35. The zero-order valence-electron chi connectivity index (χ0n) is 16.6. The second-order valence-corrected chi connectivity index (χ2v) is 7.02. The lowest BCUT2D eigenvalue weighted by molar-refractivity contribution is 0.0428. The minimum atomic E-state index is -0.624. The van der Waals surface area contributed by atoms with Gasteiger partial charge in [0.15, 0.2) is 17.5 Å². The molecule has 0 saturated carbocycles. The molecule has 0 amide bonds. The van der Waals surface area contributed by atoms with E-state index in [1.54, 1.807) is 48.1 Å². The van der Waals surface area contributed by atoms with E-state index in [2.05, 4.69) is 15.2 Å². The number of aromatic nitrogens is 4. The standard InChI is InChI=1S/C21H17FN4O4S/c1-28-16-9-3-13(4-10-16)19-25-24-18(30-19)12-29-20(27)17-11-23-21(31-2)26(17)15-7-5-14(22)6-8-15/h3-11H,12H2,1-2H3. The maximum absolute atomic E-state index is 13.3. The summed E-state index contributed by atoms with van der Waals surface area (Å²) in [4.78, 5) is 16.9. The average Bonchev–Trinajstić information content (AvgIpc) is 3.45. The van der Waals surface area contributed by atoms with E-state index in [1.807, 2.05) is 6.26 Å². The van der Waals surface area contributed by atoms with Crippen molar-refractivity contribution < 1.29 is 23.1 Å². The summed E-state index contributed by atoms with van der Waals surface area (Å²) in [6.07, 6.45) is 3.24. The Balaban J connectivity index is 1.49. The average molecular weight is 440 g/mol. The molecule has 0 aliphatic heterocycles. The van der Waals surface area contributed by atoms with Crippen LogP contribution in [-0.2, 0) is 11.3 Å². The normalized spacial score (nSPS) is 10.8. The van der Waals surface area contributed by atoms with Crippen molar-refractivity contribution in [2.24, 2.45) is 0 Å². The highest BCUT2D eigenvalue weighted by Gasteiger charge is 2.20. The molecule has 4 rings (SSSR count). The van der Waals surface area contributed by atoms with E-state index in [9.17, 15) is 9.18 Å². The fourth-order valence-electron chi connectivity index (χ4n) is 2.83. The molecule has 0 atom stereocenters. The Morgan fingerprint density at radius 2 is 1.87 bits per heavy atom. The molecule has 10 heteroatoms. The quantitative estimate of drug-likeness (QED) is 0.313. The van der Waals surface area contributed by atoms with Gasteiger partial charge in [0.25, 0.3) is 5.89 Å². The minimum absolute atomic E-state index is 0.150. The van der Waals surface area contributed by atoms with Gasteiger partial charge in [-0.1, -0.05) is 11.8 Å². The monoisotopic (exact) mass is 440 g/mol. The maximum Gasteiger partial charge on any atom is 0.357 e. The molecule has 158 valence electrons. The van der Waals surface area contributed by atoms with Crippen LogP contribution in [0.3, 0.4) is 0 Å². The highest BCUT2D eigenvalue weighted by molar-refractivity contribution is 7.98. The van der Waals surface area contributed by atoms with E-state index < -0.39 is 5.97 Å². The molecule has 0 saturated heterocycles. The van der Waals surface area contributed by atoms with Crippen molar-refractivity contribution in [3.63, 3.8) is 0 Å². The molecule has 0 fully saturated rings. The molecule has 0 aliphatic carbocycles. The van der Waals surface area contributed by atoms with Gasteiger partial charge < -0.3 is 13.9 Å². The lowest BCUT2D eigenvalue weighted by Crippen LogP contribution is -2.12. The first-order chi connectivity index (χ1) is 15.1. The lowest BCUT2D eigenvalue weighted by Gasteiger charge is -2.10. The second kappa shape index (κ2) is 9.00. The number of benzene rings is 2. The molecule has 0 bridgehead atoms. The second-order valence-electron chi connectivity index (χ2n) is 6.25. The van der Waals surface area contributed by atoms with Crippen LogP contribution in [0.1, 0.15) is 16.4 Å². The van der Waals surface area contributed by atoms with Gasteiger partial charge in [-0.3, -0.25) is 4.57 Å². The number of rotatable bonds is 7. The first-order valence-corrected chi connectivity index (χ1v) is 10.3. The van der Waals surface area contributed by atoms with Crippen LogP contribution in [0.25, 0.3) is 17.1 Å². The smallest absolute Gasteiger partial charge is 0.357 e. The van der Waals surface area contributed by atoms with Crippen LogP contribution in [-0.4, -0.2) is 39.1 Å². The highest BCUT2D eigenvalue weighted by Crippen LogP contribution is 2.24. The summed E-state index contributed by atoms with van der Waals surface area (Å²) in [5.74, 6) is 0.163. The predicted octanol–water partition coefficient (Wildman–Crippen LogP) is 4.15. The van der Waals surface area contributed by atoms with Crippen LogP contribution in [0.2, 0.25) is 0 Å². The van der Waals surface area contributed by atoms with Crippen molar-refractivity contribution in [3.8, 4) is 22.9 Å². The molecule has 2 aromatic carbocycles. The van der Waals surface area contributed by atoms with E-state index in [0.717, 1.165) is 0 Å². The van der Waals surface area contributed by atoms with Crippen LogP contribution in [0.5, 0.6) is 5.75 Å². The van der Waals surface area contributed by atoms with Crippen molar-refractivity contribution in [3.05, 3.63) is 72.1 Å². The molecular weight excluding hydrogens is 423 g/mol. The van der Waals surface area contributed by atoms with Crippen molar-refractivity contribution in [2.45, 2.75) is 11.8 Å². The number of nitrogens with zero attached hydrogens (tertiary/aromatic N) is 4. The van der Waals surface area contributed by atoms with E-state index in [4.69, 9.17) is 13.9 Å². The summed E-state index contributed by atoms with van der Waals surface area (Å²) in [5, 5.41) is 8.47. The van der Waals surface area contributed by atoms with E-state index in [1.165, 1.54) is 30.1 Å². The van der Waals surface area contributed by atoms with E-state index in [0.29, 0.717) is 28.0 Å². The molecular formula is C21H17FN4O4S. The number of carbonyl (C=O) groups excluding carboxylic acids is 1. The van der Waals surface area contributed by atoms with Gasteiger partial charge in [0.2, 0.25) is 5.89 Å². The van der Waals surface area contributed by atoms with Crippen LogP contribution >= 0.6 is 11.8 Å². The van der Waals surface area contributed by atoms with Gasteiger partial charge in [0, 0.05) is 11.3 Å². The number of carbonyl (C=O) groups is 1. The maximum atomic E-state index is 13.3. The third kappa shape index (κ3) is 4.43. The lowest BCUT2D eigenvalue weighted by atomic mass is 10.2. The number of hydrogen-bond acceptors (Lipinski definition) is 8. The molecule has 31 heavy (non-hydrogen) atoms. The molecule has 8 nitrogen and oxygen atoms in total. The molecule has 0 N–H and O–H groups in total. The number of thioether (sulfide) groups is 1. The summed E-state index contributed by atoms with van der Waals surface area (Å²) < 4.78 is 30.9. The first-order valence-electron chi connectivity index (χ1n) is 9.10. The molecule has 0 radical (unpaired) electrons. The van der Waals surface area contributed by atoms with E-state index >= 15 is 0 Å². The predicted molar refractivity (Wildman–Crippen MR) is 111 cm³/mol. The summed E-state index contributed by atoms with van der Waals surface area (Å²) in [6, 6.07) is 12.9. The zero-order chi connectivity index (χ0) is 21.8. The Morgan fingerprint density at radius 3 is 2.55 bits per heavy atom. The Hall–Kier alpha value is -3.66. The summed E-state index contributed by atoms with van der Waals surface area (Å²) in [6.45, 7) is -0.203. The van der Waals surface area contributed by atoms with Crippen LogP contribution < -0.4 is 4.74 Å². The third-order valence-electron chi connectivity index (χ3n) is 4.34. The van der Waals surface area contributed by atoms with Gasteiger partial charge in [-0.2, -0.15) is 0 Å². The minimum Gasteiger partial charge on any atom is -0.497 e. The largest absolute Gasteiger partial charge is 0.497 e. The van der Waals surface area contributed by atoms with Gasteiger partial charge in [0.1, 0.15) is 11.6 Å². The summed E-state index contributed by atoms with van der Waals surface area (Å²) in [7, 11) is 1.58. The Kier molecular flexibility index (Phi) is 5.99. The number of esters is 1. The Morgan fingerprint density at radius 1 is 1.13 bits per heavy atom. The number of halogens is 1. The number of imidazole rings is 1. The number of hydrogen-bond donors (Lipinski definition) is 0. The van der Waals surface area contributed by atoms with E-state index in [-0.39, 0.29) is 24.0 Å². The van der Waals surface area contributed by atoms with Crippen molar-refractivity contribution in [1.82, 2.24) is 19.7 Å². The molecule has 0 unspecified atom stereocenters. The summed E-state index contributed by atoms with van der Waals surface area (Å²) in [5.41, 5.74) is 1.51. The topological polar surface area (TPSA) is 92.3 Å². The number of methoxy groups -OCH3 is 1. The molecule has 4 aromatic rings. The van der Waals surface area contributed by atoms with Crippen LogP contribution in [0.4, 0.5) is 4.39 Å². The molecule has 0 aliphatic rings. The van der Waals surface area contributed by atoms with Gasteiger partial charge in [-0.05, 0) is 54.8 Å². The van der Waals surface area contributed by atoms with Crippen LogP contribution in [0, 0.1) is 5.82 Å². The zero-order valence-corrected chi connectivity index (χ0v) is 17.4. The van der Waals surface area contributed by atoms with Gasteiger partial charge in [-0.25, -0.2) is 14.2 Å². The van der Waals surface area contributed by atoms with Crippen molar-refractivity contribution >= 4 is 17.7 Å². The fourth-order valence-corrected chi connectivity index (χ4v) is 3.37. The molecule has 0 spiro atoms. The Bertz CT molecular complexity index is 1190. The molecule has 2 heterocycles.